The molecule has 1 amide bonds. The molecule has 0 atom stereocenters. The van der Waals surface area contributed by atoms with Gasteiger partial charge in [-0.2, -0.15) is 0 Å². The average molecular weight is 227 g/mol. The maximum atomic E-state index is 11.7. The molecular formula is C12H25N3O. The van der Waals surface area contributed by atoms with E-state index in [-0.39, 0.29) is 5.91 Å². The lowest BCUT2D eigenvalue weighted by Crippen LogP contribution is -2.41. The van der Waals surface area contributed by atoms with Crippen LogP contribution in [0.5, 0.6) is 0 Å². The molecule has 0 aromatic carbocycles. The molecule has 0 aromatic heterocycles. The van der Waals surface area contributed by atoms with Crippen LogP contribution in [0.4, 0.5) is 0 Å². The molecule has 1 rings (SSSR count). The van der Waals surface area contributed by atoms with Crippen molar-refractivity contribution >= 4 is 5.91 Å². The summed E-state index contributed by atoms with van der Waals surface area (Å²) in [6.07, 6.45) is 5.79. The summed E-state index contributed by atoms with van der Waals surface area (Å²) in [5.74, 6) is 0.172. The van der Waals surface area contributed by atoms with Crippen molar-refractivity contribution < 1.29 is 4.79 Å². The van der Waals surface area contributed by atoms with Gasteiger partial charge in [0, 0.05) is 6.04 Å². The zero-order valence-corrected chi connectivity index (χ0v) is 10.4. The van der Waals surface area contributed by atoms with Crippen LogP contribution in [-0.4, -0.2) is 43.0 Å². The van der Waals surface area contributed by atoms with Gasteiger partial charge in [0.15, 0.2) is 0 Å². The summed E-state index contributed by atoms with van der Waals surface area (Å²) in [6.45, 7) is 5.14. The molecule has 0 aromatic rings. The van der Waals surface area contributed by atoms with E-state index in [1.54, 1.807) is 0 Å². The number of hydrogen-bond donors (Lipinski definition) is 2. The van der Waals surface area contributed by atoms with Gasteiger partial charge in [0.2, 0.25) is 5.91 Å². The Hall–Kier alpha value is -0.610. The smallest absolute Gasteiger partial charge is 0.234 e. The number of carbonyl (C=O) groups excluding carboxylic acids is 1. The Kier molecular flexibility index (Phi) is 6.42. The van der Waals surface area contributed by atoms with Gasteiger partial charge in [0.25, 0.3) is 0 Å². The van der Waals surface area contributed by atoms with Crippen LogP contribution in [0.3, 0.4) is 0 Å². The highest BCUT2D eigenvalue weighted by Crippen LogP contribution is 2.17. The third-order valence-electron chi connectivity index (χ3n) is 3.21. The molecule has 1 aliphatic rings. The van der Waals surface area contributed by atoms with Gasteiger partial charge < -0.3 is 11.1 Å². The molecular weight excluding hydrogens is 202 g/mol. The van der Waals surface area contributed by atoms with Crippen molar-refractivity contribution in [2.45, 2.75) is 45.1 Å². The van der Waals surface area contributed by atoms with Gasteiger partial charge in [0.05, 0.1) is 6.54 Å². The number of rotatable bonds is 7. The molecule has 0 saturated heterocycles. The quantitative estimate of drug-likeness (QED) is 0.673. The number of nitrogens with zero attached hydrogens (tertiary/aromatic N) is 1. The molecule has 0 bridgehead atoms. The van der Waals surface area contributed by atoms with Crippen molar-refractivity contribution in [2.75, 3.05) is 26.2 Å². The van der Waals surface area contributed by atoms with Crippen LogP contribution in [0.1, 0.15) is 39.0 Å². The molecule has 4 nitrogen and oxygen atoms in total. The van der Waals surface area contributed by atoms with Gasteiger partial charge in [0.1, 0.15) is 0 Å². The molecule has 0 aliphatic heterocycles. The van der Waals surface area contributed by atoms with Crippen molar-refractivity contribution in [3.63, 3.8) is 0 Å². The maximum Gasteiger partial charge on any atom is 0.234 e. The Labute approximate surface area is 98.6 Å². The molecule has 4 heteroatoms. The Morgan fingerprint density at radius 1 is 1.44 bits per heavy atom. The average Bonchev–Trinajstić information content (AvgIpc) is 2.76. The van der Waals surface area contributed by atoms with Crippen LogP contribution in [0.2, 0.25) is 0 Å². The lowest BCUT2D eigenvalue weighted by Gasteiger charge is -2.20. The van der Waals surface area contributed by atoms with Crippen molar-refractivity contribution in [1.82, 2.24) is 10.2 Å². The monoisotopic (exact) mass is 227 g/mol. The summed E-state index contributed by atoms with van der Waals surface area (Å²) in [5, 5.41) is 3.11. The van der Waals surface area contributed by atoms with E-state index in [9.17, 15) is 4.79 Å². The van der Waals surface area contributed by atoms with Crippen LogP contribution in [0.15, 0.2) is 0 Å². The largest absolute Gasteiger partial charge is 0.352 e. The van der Waals surface area contributed by atoms with Gasteiger partial charge in [-0.15, -0.1) is 0 Å². The predicted octanol–water partition coefficient (Wildman–Crippen LogP) is 0.716. The highest BCUT2D eigenvalue weighted by molar-refractivity contribution is 5.78. The summed E-state index contributed by atoms with van der Waals surface area (Å²) >= 11 is 0. The molecule has 16 heavy (non-hydrogen) atoms. The third-order valence-corrected chi connectivity index (χ3v) is 3.21. The molecule has 0 heterocycles. The number of carbonyl (C=O) groups is 1. The Bertz CT molecular complexity index is 202. The number of hydrogen-bond acceptors (Lipinski definition) is 3. The van der Waals surface area contributed by atoms with E-state index in [0.29, 0.717) is 19.1 Å². The second-order valence-corrected chi connectivity index (χ2v) is 4.56. The van der Waals surface area contributed by atoms with E-state index >= 15 is 0 Å². The minimum atomic E-state index is 0.172. The number of nitrogens with one attached hydrogen (secondary N) is 1. The highest BCUT2D eigenvalue weighted by Gasteiger charge is 2.17. The summed E-state index contributed by atoms with van der Waals surface area (Å²) in [6, 6.07) is 0.431. The van der Waals surface area contributed by atoms with E-state index in [0.717, 1.165) is 32.4 Å². The van der Waals surface area contributed by atoms with Gasteiger partial charge in [-0.1, -0.05) is 19.8 Å². The zero-order chi connectivity index (χ0) is 11.8. The second-order valence-electron chi connectivity index (χ2n) is 4.56. The van der Waals surface area contributed by atoms with Crippen molar-refractivity contribution in [3.05, 3.63) is 0 Å². The first-order valence-corrected chi connectivity index (χ1v) is 6.48. The highest BCUT2D eigenvalue weighted by atomic mass is 16.2. The molecule has 1 aliphatic carbocycles. The van der Waals surface area contributed by atoms with Crippen molar-refractivity contribution in [2.24, 2.45) is 5.73 Å². The fraction of sp³-hybridized carbons (Fsp3) is 0.917. The van der Waals surface area contributed by atoms with Crippen LogP contribution < -0.4 is 11.1 Å². The predicted molar refractivity (Wildman–Crippen MR) is 66.2 cm³/mol. The normalized spacial score (nSPS) is 16.9. The van der Waals surface area contributed by atoms with Gasteiger partial charge in [-0.3, -0.25) is 9.69 Å². The fourth-order valence-electron chi connectivity index (χ4n) is 2.21. The van der Waals surface area contributed by atoms with Gasteiger partial charge in [-0.05, 0) is 38.9 Å². The van der Waals surface area contributed by atoms with Gasteiger partial charge in [-0.25, -0.2) is 0 Å². The fourth-order valence-corrected chi connectivity index (χ4v) is 2.21. The van der Waals surface area contributed by atoms with E-state index < -0.39 is 0 Å². The van der Waals surface area contributed by atoms with Crippen LogP contribution >= 0.6 is 0 Å². The van der Waals surface area contributed by atoms with Crippen molar-refractivity contribution in [3.8, 4) is 0 Å². The summed E-state index contributed by atoms with van der Waals surface area (Å²) in [7, 11) is 0. The topological polar surface area (TPSA) is 58.4 Å². The summed E-state index contributed by atoms with van der Waals surface area (Å²) < 4.78 is 0. The van der Waals surface area contributed by atoms with E-state index in [4.69, 9.17) is 5.73 Å². The lowest BCUT2D eigenvalue weighted by atomic mass is 10.2. The summed E-state index contributed by atoms with van der Waals surface area (Å²) in [5.41, 5.74) is 5.47. The molecule has 0 spiro atoms. The molecule has 3 N–H and O–H groups in total. The third kappa shape index (κ3) is 4.94. The number of nitrogens with two attached hydrogens (primary N) is 1. The standard InChI is InChI=1S/C12H25N3O/c1-2-15(9-5-8-13)10-12(16)14-11-6-3-4-7-11/h11H,2-10,13H2,1H3,(H,14,16). The lowest BCUT2D eigenvalue weighted by molar-refractivity contribution is -0.122. The molecule has 1 fully saturated rings. The minimum absolute atomic E-state index is 0.172. The Balaban J connectivity index is 2.19. The molecule has 0 radical (unpaired) electrons. The molecule has 94 valence electrons. The first-order valence-electron chi connectivity index (χ1n) is 6.48. The van der Waals surface area contributed by atoms with Crippen molar-refractivity contribution in [1.29, 1.82) is 0 Å². The van der Waals surface area contributed by atoms with Crippen LogP contribution in [0, 0.1) is 0 Å². The number of likely N-dealkylation sites (N-methyl/N-ethyl adjacent to an activating group) is 1. The van der Waals surface area contributed by atoms with E-state index in [1.807, 2.05) is 0 Å². The van der Waals surface area contributed by atoms with Gasteiger partial charge >= 0.3 is 0 Å². The molecule has 0 unspecified atom stereocenters. The zero-order valence-electron chi connectivity index (χ0n) is 10.4. The second kappa shape index (κ2) is 7.63. The minimum Gasteiger partial charge on any atom is -0.352 e. The Morgan fingerprint density at radius 2 is 2.12 bits per heavy atom. The maximum absolute atomic E-state index is 11.7. The number of amides is 1. The molecule has 1 saturated carbocycles. The van der Waals surface area contributed by atoms with Crippen LogP contribution in [-0.2, 0) is 4.79 Å². The van der Waals surface area contributed by atoms with E-state index in [2.05, 4.69) is 17.1 Å². The van der Waals surface area contributed by atoms with E-state index in [1.165, 1.54) is 12.8 Å². The first-order chi connectivity index (χ1) is 7.76. The summed E-state index contributed by atoms with van der Waals surface area (Å²) in [4.78, 5) is 13.9. The first kappa shape index (κ1) is 13.5. The van der Waals surface area contributed by atoms with Crippen LogP contribution in [0.25, 0.3) is 0 Å². The Morgan fingerprint density at radius 3 is 2.69 bits per heavy atom. The SMILES string of the molecule is CCN(CCCN)CC(=O)NC1CCCC1.